The highest BCUT2D eigenvalue weighted by Crippen LogP contribution is 2.23. The van der Waals surface area contributed by atoms with E-state index < -0.39 is 4.92 Å². The first-order valence-electron chi connectivity index (χ1n) is 6.98. The first-order valence-corrected chi connectivity index (χ1v) is 6.98. The lowest BCUT2D eigenvalue weighted by atomic mass is 10.2. The maximum absolute atomic E-state index is 12.0. The number of anilines is 1. The lowest BCUT2D eigenvalue weighted by molar-refractivity contribution is -0.383. The van der Waals surface area contributed by atoms with E-state index in [1.54, 1.807) is 17.0 Å². The summed E-state index contributed by atoms with van der Waals surface area (Å²) >= 11 is 0. The summed E-state index contributed by atoms with van der Waals surface area (Å²) in [6.07, 6.45) is 0. The molecule has 118 valence electrons. The van der Waals surface area contributed by atoms with Gasteiger partial charge in [-0.2, -0.15) is 0 Å². The molecule has 1 heterocycles. The molecule has 8 heteroatoms. The maximum atomic E-state index is 12.0. The highest BCUT2D eigenvalue weighted by molar-refractivity contribution is 5.94. The summed E-state index contributed by atoms with van der Waals surface area (Å²) < 4.78 is 0. The van der Waals surface area contributed by atoms with E-state index in [1.165, 1.54) is 19.1 Å². The van der Waals surface area contributed by atoms with Crippen LogP contribution in [-0.4, -0.2) is 59.3 Å². The monoisotopic (exact) mass is 306 g/mol. The normalized spacial score (nSPS) is 15.4. The molecule has 8 nitrogen and oxygen atoms in total. The summed E-state index contributed by atoms with van der Waals surface area (Å²) in [6, 6.07) is 6.04. The second-order valence-electron chi connectivity index (χ2n) is 5.10. The molecule has 0 bridgehead atoms. The smallest absolute Gasteiger partial charge is 0.292 e. The molecular formula is C14H18N4O4. The Bertz CT molecular complexity index is 582. The number of amides is 2. The summed E-state index contributed by atoms with van der Waals surface area (Å²) in [4.78, 5) is 37.3. The number of nitro groups is 1. The van der Waals surface area contributed by atoms with E-state index >= 15 is 0 Å². The third kappa shape index (κ3) is 4.01. The van der Waals surface area contributed by atoms with Crippen LogP contribution in [0.2, 0.25) is 0 Å². The number of rotatable bonds is 4. The minimum Gasteiger partial charge on any atom is -0.340 e. The molecule has 1 N–H and O–H groups in total. The van der Waals surface area contributed by atoms with Gasteiger partial charge in [-0.3, -0.25) is 24.6 Å². The summed E-state index contributed by atoms with van der Waals surface area (Å²) in [6.45, 7) is 4.09. The molecule has 0 saturated carbocycles. The lowest BCUT2D eigenvalue weighted by Crippen LogP contribution is -2.49. The first-order chi connectivity index (χ1) is 10.5. The summed E-state index contributed by atoms with van der Waals surface area (Å²) in [7, 11) is 0. The van der Waals surface area contributed by atoms with E-state index in [0.29, 0.717) is 26.2 Å². The topological polar surface area (TPSA) is 95.8 Å². The largest absolute Gasteiger partial charge is 0.340 e. The molecule has 0 spiro atoms. The van der Waals surface area contributed by atoms with Gasteiger partial charge in [0.2, 0.25) is 11.8 Å². The molecule has 0 aliphatic carbocycles. The fourth-order valence-electron chi connectivity index (χ4n) is 2.35. The van der Waals surface area contributed by atoms with Crippen molar-refractivity contribution < 1.29 is 14.5 Å². The maximum Gasteiger partial charge on any atom is 0.292 e. The number of piperazine rings is 1. The zero-order chi connectivity index (χ0) is 16.1. The Morgan fingerprint density at radius 3 is 2.45 bits per heavy atom. The van der Waals surface area contributed by atoms with Crippen LogP contribution in [0.3, 0.4) is 0 Å². The van der Waals surface area contributed by atoms with Crippen molar-refractivity contribution >= 4 is 23.2 Å². The van der Waals surface area contributed by atoms with E-state index in [2.05, 4.69) is 5.32 Å². The highest BCUT2D eigenvalue weighted by Gasteiger charge is 2.21. The number of nitrogens with zero attached hydrogens (tertiary/aromatic N) is 3. The predicted octanol–water partition coefficient (Wildman–Crippen LogP) is 0.697. The number of carbonyl (C=O) groups is 2. The Hall–Kier alpha value is -2.48. The van der Waals surface area contributed by atoms with Crippen molar-refractivity contribution in [1.29, 1.82) is 0 Å². The third-order valence-electron chi connectivity index (χ3n) is 3.56. The van der Waals surface area contributed by atoms with Crippen molar-refractivity contribution in [3.05, 3.63) is 34.4 Å². The number of para-hydroxylation sites is 2. The first kappa shape index (κ1) is 15.9. The molecule has 1 aromatic rings. The Labute approximate surface area is 127 Å². The Balaban J connectivity index is 1.89. The van der Waals surface area contributed by atoms with Crippen LogP contribution in [0.5, 0.6) is 0 Å². The average molecular weight is 306 g/mol. The van der Waals surface area contributed by atoms with E-state index in [0.717, 1.165) is 0 Å². The van der Waals surface area contributed by atoms with Gasteiger partial charge in [0.15, 0.2) is 0 Å². The van der Waals surface area contributed by atoms with Gasteiger partial charge in [0.05, 0.1) is 11.5 Å². The molecule has 1 aliphatic heterocycles. The number of nitrogens with one attached hydrogen (secondary N) is 1. The van der Waals surface area contributed by atoms with Crippen molar-refractivity contribution in [2.75, 3.05) is 38.0 Å². The van der Waals surface area contributed by atoms with Crippen LogP contribution in [-0.2, 0) is 9.59 Å². The fraction of sp³-hybridized carbons (Fsp3) is 0.429. The molecule has 0 atom stereocenters. The highest BCUT2D eigenvalue weighted by atomic mass is 16.6. The second-order valence-corrected chi connectivity index (χ2v) is 5.10. The minimum atomic E-state index is -0.527. The molecule has 0 aromatic heterocycles. The molecule has 1 saturated heterocycles. The number of nitro benzene ring substituents is 1. The number of carbonyl (C=O) groups excluding carboxylic acids is 2. The molecule has 0 unspecified atom stereocenters. The van der Waals surface area contributed by atoms with E-state index in [4.69, 9.17) is 0 Å². The number of hydrogen-bond donors (Lipinski definition) is 1. The average Bonchev–Trinajstić information content (AvgIpc) is 2.48. The van der Waals surface area contributed by atoms with Gasteiger partial charge in [0.25, 0.3) is 5.69 Å². The van der Waals surface area contributed by atoms with Gasteiger partial charge < -0.3 is 10.2 Å². The molecule has 0 radical (unpaired) electrons. The van der Waals surface area contributed by atoms with Gasteiger partial charge in [0, 0.05) is 39.2 Å². The van der Waals surface area contributed by atoms with E-state index in [-0.39, 0.29) is 29.7 Å². The second kappa shape index (κ2) is 6.99. The van der Waals surface area contributed by atoms with Crippen molar-refractivity contribution in [3.63, 3.8) is 0 Å². The van der Waals surface area contributed by atoms with Crippen LogP contribution < -0.4 is 5.32 Å². The zero-order valence-corrected chi connectivity index (χ0v) is 12.3. The van der Waals surface area contributed by atoms with Gasteiger partial charge in [0.1, 0.15) is 5.69 Å². The quantitative estimate of drug-likeness (QED) is 0.652. The van der Waals surface area contributed by atoms with Crippen LogP contribution in [0.1, 0.15) is 6.92 Å². The Kier molecular flexibility index (Phi) is 5.05. The zero-order valence-electron chi connectivity index (χ0n) is 12.3. The molecule has 1 aromatic carbocycles. The van der Waals surface area contributed by atoms with E-state index in [1.807, 2.05) is 4.90 Å². The molecule has 2 amide bonds. The summed E-state index contributed by atoms with van der Waals surface area (Å²) in [5.74, 6) is -0.269. The number of hydrogen-bond acceptors (Lipinski definition) is 5. The molecular weight excluding hydrogens is 288 g/mol. The van der Waals surface area contributed by atoms with Crippen LogP contribution in [0.4, 0.5) is 11.4 Å². The SMILES string of the molecule is CC(=O)N1CCN(CC(=O)Nc2ccccc2[N+](=O)[O-])CC1. The van der Waals surface area contributed by atoms with Crippen molar-refractivity contribution in [2.24, 2.45) is 0 Å². The number of benzene rings is 1. The fourth-order valence-corrected chi connectivity index (χ4v) is 2.35. The van der Waals surface area contributed by atoms with Crippen LogP contribution in [0.25, 0.3) is 0 Å². The van der Waals surface area contributed by atoms with Gasteiger partial charge in [-0.25, -0.2) is 0 Å². The van der Waals surface area contributed by atoms with Crippen LogP contribution >= 0.6 is 0 Å². The molecule has 1 aliphatic rings. The Morgan fingerprint density at radius 2 is 1.86 bits per heavy atom. The van der Waals surface area contributed by atoms with Crippen molar-refractivity contribution in [2.45, 2.75) is 6.92 Å². The van der Waals surface area contributed by atoms with Crippen molar-refractivity contribution in [1.82, 2.24) is 9.80 Å². The van der Waals surface area contributed by atoms with Crippen LogP contribution in [0, 0.1) is 10.1 Å². The van der Waals surface area contributed by atoms with Gasteiger partial charge in [-0.15, -0.1) is 0 Å². The molecule has 1 fully saturated rings. The Morgan fingerprint density at radius 1 is 1.23 bits per heavy atom. The third-order valence-corrected chi connectivity index (χ3v) is 3.56. The van der Waals surface area contributed by atoms with Crippen LogP contribution in [0.15, 0.2) is 24.3 Å². The molecule has 22 heavy (non-hydrogen) atoms. The summed E-state index contributed by atoms with van der Waals surface area (Å²) in [5, 5.41) is 13.5. The minimum absolute atomic E-state index is 0.0315. The van der Waals surface area contributed by atoms with Gasteiger partial charge in [-0.05, 0) is 6.07 Å². The van der Waals surface area contributed by atoms with Crippen molar-refractivity contribution in [3.8, 4) is 0 Å². The van der Waals surface area contributed by atoms with Gasteiger partial charge in [-0.1, -0.05) is 12.1 Å². The predicted molar refractivity (Wildman–Crippen MR) is 80.4 cm³/mol. The van der Waals surface area contributed by atoms with Gasteiger partial charge >= 0.3 is 0 Å². The lowest BCUT2D eigenvalue weighted by Gasteiger charge is -2.33. The van der Waals surface area contributed by atoms with E-state index in [9.17, 15) is 19.7 Å². The summed E-state index contributed by atoms with van der Waals surface area (Å²) in [5.41, 5.74) is 0.0668. The standard InChI is InChI=1S/C14H18N4O4/c1-11(19)17-8-6-16(7-9-17)10-14(20)15-12-4-2-3-5-13(12)18(21)22/h2-5H,6-10H2,1H3,(H,15,20). The molecule has 2 rings (SSSR count).